The van der Waals surface area contributed by atoms with Crippen molar-refractivity contribution in [2.75, 3.05) is 0 Å². The van der Waals surface area contributed by atoms with Crippen LogP contribution >= 0.6 is 0 Å². The number of hydrogen-bond donors (Lipinski definition) is 1. The fourth-order valence-electron chi connectivity index (χ4n) is 0.753. The Labute approximate surface area is 65.2 Å². The predicted molar refractivity (Wildman–Crippen MR) is 42.1 cm³/mol. The summed E-state index contributed by atoms with van der Waals surface area (Å²) in [6.07, 6.45) is 1.55. The van der Waals surface area contributed by atoms with Crippen LogP contribution in [0.25, 0.3) is 0 Å². The van der Waals surface area contributed by atoms with Crippen LogP contribution in [-0.2, 0) is 6.54 Å². The van der Waals surface area contributed by atoms with Crippen LogP contribution in [0.2, 0.25) is 0 Å². The van der Waals surface area contributed by atoms with Gasteiger partial charge in [0.05, 0.1) is 5.69 Å². The molecular formula is C8H10N2O. The standard InChI is InChI=1S/C8H10N2O/c1-6(11)7-2-3-8(4-9)10-5-7/h2-3,5H,4,9H2,1H3. The molecule has 0 atom stereocenters. The van der Waals surface area contributed by atoms with Crippen molar-refractivity contribution in [2.45, 2.75) is 13.5 Å². The van der Waals surface area contributed by atoms with E-state index in [1.807, 2.05) is 0 Å². The molecule has 0 radical (unpaired) electrons. The summed E-state index contributed by atoms with van der Waals surface area (Å²) < 4.78 is 0. The number of Topliss-reactive ketones (excluding diaryl/α,β-unsaturated/α-hetero) is 1. The van der Waals surface area contributed by atoms with Gasteiger partial charge in [-0.1, -0.05) is 0 Å². The first kappa shape index (κ1) is 7.88. The second-order valence-electron chi connectivity index (χ2n) is 2.30. The van der Waals surface area contributed by atoms with E-state index in [0.29, 0.717) is 12.1 Å². The van der Waals surface area contributed by atoms with Crippen LogP contribution in [0.15, 0.2) is 18.3 Å². The molecule has 0 amide bonds. The fourth-order valence-corrected chi connectivity index (χ4v) is 0.753. The van der Waals surface area contributed by atoms with Gasteiger partial charge in [-0.05, 0) is 19.1 Å². The summed E-state index contributed by atoms with van der Waals surface area (Å²) in [6.45, 7) is 1.93. The zero-order chi connectivity index (χ0) is 8.27. The van der Waals surface area contributed by atoms with E-state index >= 15 is 0 Å². The number of hydrogen-bond acceptors (Lipinski definition) is 3. The molecule has 1 rings (SSSR count). The molecule has 0 spiro atoms. The minimum atomic E-state index is 0.0288. The molecule has 0 fully saturated rings. The Bertz CT molecular complexity index is 253. The zero-order valence-corrected chi connectivity index (χ0v) is 6.37. The summed E-state index contributed by atoms with van der Waals surface area (Å²) in [5, 5.41) is 0. The van der Waals surface area contributed by atoms with Gasteiger partial charge >= 0.3 is 0 Å². The van der Waals surface area contributed by atoms with E-state index in [1.165, 1.54) is 6.92 Å². The highest BCUT2D eigenvalue weighted by atomic mass is 16.1. The first-order valence-corrected chi connectivity index (χ1v) is 3.40. The third kappa shape index (κ3) is 1.85. The van der Waals surface area contributed by atoms with Crippen LogP contribution in [0, 0.1) is 0 Å². The third-order valence-corrected chi connectivity index (χ3v) is 1.44. The summed E-state index contributed by atoms with van der Waals surface area (Å²) >= 11 is 0. The summed E-state index contributed by atoms with van der Waals surface area (Å²) in [5.74, 6) is 0.0288. The highest BCUT2D eigenvalue weighted by Crippen LogP contribution is 1.99. The van der Waals surface area contributed by atoms with Crippen molar-refractivity contribution < 1.29 is 4.79 Å². The quantitative estimate of drug-likeness (QED) is 0.633. The zero-order valence-electron chi connectivity index (χ0n) is 6.37. The monoisotopic (exact) mass is 150 g/mol. The number of nitrogens with two attached hydrogens (primary N) is 1. The smallest absolute Gasteiger partial charge is 0.161 e. The lowest BCUT2D eigenvalue weighted by Crippen LogP contribution is -2.00. The Balaban J connectivity index is 2.91. The van der Waals surface area contributed by atoms with Gasteiger partial charge in [-0.2, -0.15) is 0 Å². The van der Waals surface area contributed by atoms with Gasteiger partial charge in [0.25, 0.3) is 0 Å². The number of carbonyl (C=O) groups is 1. The van der Waals surface area contributed by atoms with Crippen LogP contribution in [0.5, 0.6) is 0 Å². The number of ketones is 1. The van der Waals surface area contributed by atoms with Crippen LogP contribution in [0.1, 0.15) is 23.0 Å². The molecule has 0 saturated heterocycles. The molecule has 3 heteroatoms. The van der Waals surface area contributed by atoms with Gasteiger partial charge in [-0.25, -0.2) is 0 Å². The van der Waals surface area contributed by atoms with E-state index in [4.69, 9.17) is 5.73 Å². The van der Waals surface area contributed by atoms with E-state index in [9.17, 15) is 4.79 Å². The second-order valence-corrected chi connectivity index (χ2v) is 2.30. The van der Waals surface area contributed by atoms with Crippen molar-refractivity contribution in [3.63, 3.8) is 0 Å². The van der Waals surface area contributed by atoms with Crippen molar-refractivity contribution in [1.82, 2.24) is 4.98 Å². The largest absolute Gasteiger partial charge is 0.325 e. The van der Waals surface area contributed by atoms with Gasteiger partial charge in [0, 0.05) is 18.3 Å². The van der Waals surface area contributed by atoms with E-state index < -0.39 is 0 Å². The Morgan fingerprint density at radius 1 is 1.64 bits per heavy atom. The molecule has 1 aromatic rings. The first-order valence-electron chi connectivity index (χ1n) is 3.40. The number of carbonyl (C=O) groups excluding carboxylic acids is 1. The maximum absolute atomic E-state index is 10.8. The van der Waals surface area contributed by atoms with Crippen LogP contribution < -0.4 is 5.73 Å². The lowest BCUT2D eigenvalue weighted by Gasteiger charge is -1.96. The summed E-state index contributed by atoms with van der Waals surface area (Å²) in [5.41, 5.74) is 6.76. The average molecular weight is 150 g/mol. The van der Waals surface area contributed by atoms with Crippen LogP contribution in [-0.4, -0.2) is 10.8 Å². The third-order valence-electron chi connectivity index (χ3n) is 1.44. The molecule has 3 nitrogen and oxygen atoms in total. The van der Waals surface area contributed by atoms with E-state index in [2.05, 4.69) is 4.98 Å². The lowest BCUT2D eigenvalue weighted by atomic mass is 10.2. The molecule has 0 unspecified atom stereocenters. The van der Waals surface area contributed by atoms with Crippen molar-refractivity contribution in [1.29, 1.82) is 0 Å². The van der Waals surface area contributed by atoms with Crippen molar-refractivity contribution >= 4 is 5.78 Å². The van der Waals surface area contributed by atoms with Crippen LogP contribution in [0.4, 0.5) is 0 Å². The number of aromatic nitrogens is 1. The van der Waals surface area contributed by atoms with Gasteiger partial charge in [-0.3, -0.25) is 9.78 Å². The lowest BCUT2D eigenvalue weighted by molar-refractivity contribution is 0.101. The maximum atomic E-state index is 10.8. The van der Waals surface area contributed by atoms with Crippen molar-refractivity contribution in [3.05, 3.63) is 29.6 Å². The molecule has 0 aliphatic rings. The summed E-state index contributed by atoms with van der Waals surface area (Å²) in [6, 6.07) is 3.49. The van der Waals surface area contributed by atoms with Gasteiger partial charge < -0.3 is 5.73 Å². The summed E-state index contributed by atoms with van der Waals surface area (Å²) in [7, 11) is 0. The van der Waals surface area contributed by atoms with Gasteiger partial charge in [0.2, 0.25) is 0 Å². The SMILES string of the molecule is CC(=O)c1ccc(CN)nc1. The Hall–Kier alpha value is -1.22. The van der Waals surface area contributed by atoms with Crippen molar-refractivity contribution in [3.8, 4) is 0 Å². The highest BCUT2D eigenvalue weighted by molar-refractivity contribution is 5.93. The molecule has 2 N–H and O–H groups in total. The average Bonchev–Trinajstić information content (AvgIpc) is 2.05. The molecule has 0 aliphatic heterocycles. The molecule has 0 bridgehead atoms. The number of nitrogens with zero attached hydrogens (tertiary/aromatic N) is 1. The highest BCUT2D eigenvalue weighted by Gasteiger charge is 1.97. The van der Waals surface area contributed by atoms with Crippen molar-refractivity contribution in [2.24, 2.45) is 5.73 Å². The van der Waals surface area contributed by atoms with Crippen LogP contribution in [0.3, 0.4) is 0 Å². The second kappa shape index (κ2) is 3.25. The molecule has 0 aliphatic carbocycles. The number of rotatable bonds is 2. The predicted octanol–water partition coefficient (Wildman–Crippen LogP) is 0.743. The normalized spacial score (nSPS) is 9.64. The van der Waals surface area contributed by atoms with E-state index in [0.717, 1.165) is 5.69 Å². The Kier molecular flexibility index (Phi) is 2.33. The van der Waals surface area contributed by atoms with Gasteiger partial charge in [-0.15, -0.1) is 0 Å². The minimum Gasteiger partial charge on any atom is -0.325 e. The maximum Gasteiger partial charge on any atom is 0.161 e. The molecular weight excluding hydrogens is 140 g/mol. The summed E-state index contributed by atoms with van der Waals surface area (Å²) in [4.78, 5) is 14.7. The topological polar surface area (TPSA) is 56.0 Å². The molecule has 58 valence electrons. The Morgan fingerprint density at radius 2 is 2.36 bits per heavy atom. The molecule has 1 aromatic heterocycles. The Morgan fingerprint density at radius 3 is 2.73 bits per heavy atom. The molecule has 1 heterocycles. The number of pyridine rings is 1. The molecule has 0 aromatic carbocycles. The van der Waals surface area contributed by atoms with E-state index in [-0.39, 0.29) is 5.78 Å². The van der Waals surface area contributed by atoms with Gasteiger partial charge in [0.1, 0.15) is 0 Å². The molecule has 0 saturated carbocycles. The minimum absolute atomic E-state index is 0.0288. The van der Waals surface area contributed by atoms with E-state index in [1.54, 1.807) is 18.3 Å². The molecule has 11 heavy (non-hydrogen) atoms. The fraction of sp³-hybridized carbons (Fsp3) is 0.250. The van der Waals surface area contributed by atoms with Gasteiger partial charge in [0.15, 0.2) is 5.78 Å². The first-order chi connectivity index (χ1) is 5.24.